The number of benzene rings is 4. The predicted octanol–water partition coefficient (Wildman–Crippen LogP) is -0.558. The number of rotatable bonds is 16. The van der Waals surface area contributed by atoms with Gasteiger partial charge in [0.1, 0.15) is 11.4 Å². The Kier molecular flexibility index (Phi) is 17.8. The number of H-pyrrole nitrogens is 4. The quantitative estimate of drug-likeness (QED) is 0.0892. The number of aryl methyl sites for hydroxylation is 2. The smallest absolute Gasteiger partial charge is 0.543 e. The molecule has 0 saturated heterocycles. The molecule has 4 heterocycles. The zero-order valence-corrected chi connectivity index (χ0v) is 39.9. The molecule has 0 bridgehead atoms. The van der Waals surface area contributed by atoms with E-state index in [1.165, 1.54) is 0 Å². The van der Waals surface area contributed by atoms with E-state index < -0.39 is 23.5 Å². The maximum absolute atomic E-state index is 11.5. The van der Waals surface area contributed by atoms with Gasteiger partial charge in [0.25, 0.3) is 0 Å². The van der Waals surface area contributed by atoms with E-state index in [2.05, 4.69) is 63.6 Å². The molecule has 316 valence electrons. The number of aromatic carboxylic acids is 2. The van der Waals surface area contributed by atoms with E-state index in [0.29, 0.717) is 35.6 Å². The first-order valence-electron chi connectivity index (χ1n) is 20.2. The summed E-state index contributed by atoms with van der Waals surface area (Å²) in [5.74, 6) is -3.04. The summed E-state index contributed by atoms with van der Waals surface area (Å²) in [6, 6.07) is 30.7. The van der Waals surface area contributed by atoms with E-state index in [1.54, 1.807) is 0 Å². The van der Waals surface area contributed by atoms with Gasteiger partial charge in [-0.3, -0.25) is 29.2 Å². The van der Waals surface area contributed by atoms with E-state index in [9.17, 15) is 29.4 Å². The van der Waals surface area contributed by atoms with Crippen LogP contribution in [0.15, 0.2) is 116 Å². The first-order chi connectivity index (χ1) is 30.1. The Balaban J connectivity index is 0.000000234. The Morgan fingerprint density at radius 3 is 1.22 bits per heavy atom. The van der Waals surface area contributed by atoms with Crippen molar-refractivity contribution < 1.29 is 88.0 Å². The second-order valence-electron chi connectivity index (χ2n) is 14.6. The van der Waals surface area contributed by atoms with Crippen molar-refractivity contribution in [2.45, 2.75) is 65.2 Å². The van der Waals surface area contributed by atoms with Crippen molar-refractivity contribution in [1.29, 1.82) is 0 Å². The van der Waals surface area contributed by atoms with Crippen molar-refractivity contribution in [3.63, 3.8) is 0 Å². The fourth-order valence-electron chi connectivity index (χ4n) is 7.23. The number of carboxylic acid groups (broad SMARTS) is 2. The number of hydrogen-bond acceptors (Lipinski definition) is 12. The summed E-state index contributed by atoms with van der Waals surface area (Å²) in [7, 11) is 0. The standard InChI is InChI=1S/2C23H22N4O4.2Na/c2*1-2-3-8-19-18(20(22(28)29)26-25-19)13-14-9-11-15(12-10-14)16-6-4-5-7-17(16)21-24-23(30)31-27-21;;/h2*4-7,9-12H,2-3,8,13H2,1H3,(H,25,26)(H,28,29)(H,24,27,30);;/q;;2*+1/p-2. The monoisotopic (exact) mass is 880 g/mol. The molecule has 4 N–H and O–H groups in total. The SMILES string of the molecule is CCCCc1[nH]nc(C(=O)[O-])c1Cc1ccc(-c2ccccc2-c2noc(=O)[nH]2)cc1.CCCCc1[nH]nc(C(=O)[O-])c1Cc1ccc(-c2ccccc2-c2noc(=O)[nH]2)cc1.[Na+].[Na+]. The second kappa shape index (κ2) is 23.2. The van der Waals surface area contributed by atoms with E-state index in [4.69, 9.17) is 0 Å². The molecule has 0 atom stereocenters. The van der Waals surface area contributed by atoms with Crippen LogP contribution in [0.3, 0.4) is 0 Å². The predicted molar refractivity (Wildman–Crippen MR) is 225 cm³/mol. The zero-order valence-electron chi connectivity index (χ0n) is 35.9. The molecule has 0 aliphatic carbocycles. The number of aromatic nitrogens is 8. The van der Waals surface area contributed by atoms with Crippen LogP contribution in [0.4, 0.5) is 0 Å². The first kappa shape index (κ1) is 49.1. The molecular weight excluding hydrogens is 839 g/mol. The van der Waals surface area contributed by atoms with Gasteiger partial charge in [-0.05, 0) is 59.1 Å². The molecule has 18 heteroatoms. The fraction of sp³-hybridized carbons (Fsp3) is 0.217. The first-order valence-corrected chi connectivity index (χ1v) is 20.2. The molecule has 0 radical (unpaired) electrons. The van der Waals surface area contributed by atoms with Crippen LogP contribution in [0, 0.1) is 0 Å². The van der Waals surface area contributed by atoms with Crippen molar-refractivity contribution in [3.8, 4) is 45.0 Å². The second-order valence-corrected chi connectivity index (χ2v) is 14.6. The van der Waals surface area contributed by atoms with Gasteiger partial charge in [0, 0.05) is 46.5 Å². The third-order valence-corrected chi connectivity index (χ3v) is 10.4. The maximum atomic E-state index is 11.5. The van der Waals surface area contributed by atoms with Gasteiger partial charge in [-0.2, -0.15) is 10.2 Å². The van der Waals surface area contributed by atoms with Gasteiger partial charge in [0.2, 0.25) is 0 Å². The Morgan fingerprint density at radius 2 is 0.906 bits per heavy atom. The third kappa shape index (κ3) is 11.8. The average molecular weight is 881 g/mol. The van der Waals surface area contributed by atoms with E-state index in [0.717, 1.165) is 94.4 Å². The molecule has 0 spiro atoms. The molecule has 4 aromatic carbocycles. The molecule has 0 saturated carbocycles. The fourth-order valence-corrected chi connectivity index (χ4v) is 7.23. The number of carboxylic acids is 2. The normalized spacial score (nSPS) is 10.7. The van der Waals surface area contributed by atoms with E-state index in [-0.39, 0.29) is 70.5 Å². The van der Waals surface area contributed by atoms with Crippen LogP contribution in [0.5, 0.6) is 0 Å². The van der Waals surface area contributed by atoms with Crippen molar-refractivity contribution >= 4 is 11.9 Å². The maximum Gasteiger partial charge on any atom is 1.00 e. The summed E-state index contributed by atoms with van der Waals surface area (Å²) in [5.41, 5.74) is 10.0. The van der Waals surface area contributed by atoms with Gasteiger partial charge < -0.3 is 19.8 Å². The number of unbranched alkanes of at least 4 members (excludes halogenated alkanes) is 2. The van der Waals surface area contributed by atoms with Crippen LogP contribution in [0.1, 0.15) is 94.1 Å². The molecule has 8 rings (SSSR count). The molecule has 0 aliphatic heterocycles. The van der Waals surface area contributed by atoms with Gasteiger partial charge >= 0.3 is 70.6 Å². The summed E-state index contributed by atoms with van der Waals surface area (Å²) >= 11 is 0. The molecule has 0 unspecified atom stereocenters. The summed E-state index contributed by atoms with van der Waals surface area (Å²) in [5, 5.41) is 44.1. The Labute approximate surface area is 410 Å². The molecule has 0 aliphatic rings. The van der Waals surface area contributed by atoms with Crippen LogP contribution >= 0.6 is 0 Å². The molecule has 4 aromatic heterocycles. The van der Waals surface area contributed by atoms with Crippen molar-refractivity contribution in [1.82, 2.24) is 40.7 Å². The number of carbonyl (C=O) groups is 2. The summed E-state index contributed by atoms with van der Waals surface area (Å²) in [6.07, 6.45) is 6.27. The Hall–Kier alpha value is -5.88. The number of nitrogens with one attached hydrogen (secondary N) is 4. The summed E-state index contributed by atoms with van der Waals surface area (Å²) in [4.78, 5) is 50.8. The van der Waals surface area contributed by atoms with Gasteiger partial charge in [-0.1, -0.05) is 134 Å². The molecule has 0 amide bonds. The molecule has 64 heavy (non-hydrogen) atoms. The molecule has 0 fully saturated rings. The minimum atomic E-state index is -1.28. The van der Waals surface area contributed by atoms with Crippen LogP contribution < -0.4 is 80.8 Å². The number of hydrogen-bond donors (Lipinski definition) is 4. The number of carbonyl (C=O) groups excluding carboxylic acids is 2. The van der Waals surface area contributed by atoms with Crippen molar-refractivity contribution in [2.75, 3.05) is 0 Å². The van der Waals surface area contributed by atoms with Gasteiger partial charge in [0.15, 0.2) is 11.6 Å². The minimum absolute atomic E-state index is 0. The van der Waals surface area contributed by atoms with Crippen LogP contribution in [0.25, 0.3) is 45.0 Å². The van der Waals surface area contributed by atoms with Crippen molar-refractivity contribution in [2.24, 2.45) is 0 Å². The van der Waals surface area contributed by atoms with E-state index in [1.807, 2.05) is 97.1 Å². The van der Waals surface area contributed by atoms with Crippen LogP contribution in [-0.2, 0) is 25.7 Å². The Morgan fingerprint density at radius 1 is 0.547 bits per heavy atom. The summed E-state index contributed by atoms with van der Waals surface area (Å²) < 4.78 is 9.27. The third-order valence-electron chi connectivity index (χ3n) is 10.4. The van der Waals surface area contributed by atoms with Gasteiger partial charge in [-0.15, -0.1) is 0 Å². The summed E-state index contributed by atoms with van der Waals surface area (Å²) in [6.45, 7) is 4.17. The number of aromatic amines is 4. The molecule has 16 nitrogen and oxygen atoms in total. The van der Waals surface area contributed by atoms with Crippen LogP contribution in [-0.4, -0.2) is 52.6 Å². The zero-order chi connectivity index (χ0) is 43.6. The minimum Gasteiger partial charge on any atom is -0.543 e. The van der Waals surface area contributed by atoms with Crippen molar-refractivity contribution in [3.05, 3.63) is 163 Å². The Bertz CT molecular complexity index is 2710. The molecule has 8 aromatic rings. The largest absolute Gasteiger partial charge is 1.00 e. The van der Waals surface area contributed by atoms with E-state index >= 15 is 0 Å². The molecular formula is C46H42N8Na2O8. The average Bonchev–Trinajstić information content (AvgIpc) is 4.11. The van der Waals surface area contributed by atoms with Gasteiger partial charge in [-0.25, -0.2) is 9.59 Å². The van der Waals surface area contributed by atoms with Gasteiger partial charge in [0.05, 0.1) is 11.9 Å². The number of nitrogens with zero attached hydrogens (tertiary/aromatic N) is 4. The van der Waals surface area contributed by atoms with Crippen LogP contribution in [0.2, 0.25) is 0 Å². The topological polar surface area (TPSA) is 255 Å².